The zero-order valence-corrected chi connectivity index (χ0v) is 15.2. The molecular formula is C19H17N3O3S. The largest absolute Gasteiger partial charge is 0.434 e. The molecule has 0 N–H and O–H groups in total. The monoisotopic (exact) mass is 367 g/mol. The molecule has 3 aromatic rings. The van der Waals surface area contributed by atoms with Gasteiger partial charge in [-0.15, -0.1) is 0 Å². The SMILES string of the molecule is CCc1ccc(Oc2ncnc(Sc3ccc(C)cc3)c2[N+](=O)[O-])cc1. The standard InChI is InChI=1S/C19H17N3O3S/c1-3-14-6-8-15(9-7-14)25-18-17(22(23)24)19(21-12-20-18)26-16-10-4-13(2)5-11-16/h4-12H,3H2,1-2H3. The van der Waals surface area contributed by atoms with Crippen molar-refractivity contribution in [3.05, 3.63) is 76.1 Å². The third-order valence-corrected chi connectivity index (χ3v) is 4.72. The molecule has 0 saturated carbocycles. The van der Waals surface area contributed by atoms with Crippen LogP contribution in [0.3, 0.4) is 0 Å². The minimum absolute atomic E-state index is 0.0659. The predicted octanol–water partition coefficient (Wildman–Crippen LogP) is 5.20. The van der Waals surface area contributed by atoms with E-state index in [1.165, 1.54) is 18.1 Å². The number of hydrogen-bond acceptors (Lipinski definition) is 6. The van der Waals surface area contributed by atoms with Gasteiger partial charge in [0.05, 0.1) is 4.92 Å². The normalized spacial score (nSPS) is 10.5. The first-order valence-corrected chi connectivity index (χ1v) is 8.89. The van der Waals surface area contributed by atoms with Crippen molar-refractivity contribution in [2.45, 2.75) is 30.2 Å². The molecule has 1 aromatic heterocycles. The van der Waals surface area contributed by atoms with Gasteiger partial charge in [-0.05, 0) is 43.2 Å². The number of hydrogen-bond donors (Lipinski definition) is 0. The quantitative estimate of drug-likeness (QED) is 0.338. The van der Waals surface area contributed by atoms with Crippen molar-refractivity contribution in [2.75, 3.05) is 0 Å². The Hall–Kier alpha value is -2.93. The first kappa shape index (κ1) is 17.9. The Kier molecular flexibility index (Phi) is 5.48. The minimum Gasteiger partial charge on any atom is -0.434 e. The average Bonchev–Trinajstić information content (AvgIpc) is 2.64. The smallest absolute Gasteiger partial charge is 0.363 e. The van der Waals surface area contributed by atoms with Gasteiger partial charge in [-0.2, -0.15) is 4.98 Å². The van der Waals surface area contributed by atoms with Crippen LogP contribution in [0.25, 0.3) is 0 Å². The average molecular weight is 367 g/mol. The van der Waals surface area contributed by atoms with Crippen LogP contribution in [0, 0.1) is 17.0 Å². The second kappa shape index (κ2) is 7.97. The van der Waals surface area contributed by atoms with Crippen LogP contribution in [0.1, 0.15) is 18.1 Å². The van der Waals surface area contributed by atoms with Crippen molar-refractivity contribution in [1.82, 2.24) is 9.97 Å². The van der Waals surface area contributed by atoms with E-state index < -0.39 is 4.92 Å². The first-order valence-electron chi connectivity index (χ1n) is 8.07. The maximum atomic E-state index is 11.6. The van der Waals surface area contributed by atoms with E-state index in [0.29, 0.717) is 5.75 Å². The molecule has 3 rings (SSSR count). The van der Waals surface area contributed by atoms with Crippen molar-refractivity contribution in [3.8, 4) is 11.6 Å². The number of rotatable bonds is 6. The summed E-state index contributed by atoms with van der Waals surface area (Å²) in [6.07, 6.45) is 2.19. The highest BCUT2D eigenvalue weighted by atomic mass is 32.2. The first-order chi connectivity index (χ1) is 12.6. The highest BCUT2D eigenvalue weighted by molar-refractivity contribution is 7.99. The number of aryl methyl sites for hydroxylation is 2. The van der Waals surface area contributed by atoms with E-state index in [4.69, 9.17) is 4.74 Å². The van der Waals surface area contributed by atoms with Crippen LogP contribution >= 0.6 is 11.8 Å². The summed E-state index contributed by atoms with van der Waals surface area (Å²) in [5.74, 6) is 0.430. The Morgan fingerprint density at radius 1 is 1.08 bits per heavy atom. The Labute approximate surface area is 155 Å². The molecule has 0 atom stereocenters. The zero-order valence-electron chi connectivity index (χ0n) is 14.4. The number of nitrogens with zero attached hydrogens (tertiary/aromatic N) is 3. The lowest BCUT2D eigenvalue weighted by Gasteiger charge is -2.08. The van der Waals surface area contributed by atoms with E-state index in [1.54, 1.807) is 12.1 Å². The molecule has 132 valence electrons. The second-order valence-electron chi connectivity index (χ2n) is 5.60. The number of ether oxygens (including phenoxy) is 1. The summed E-state index contributed by atoms with van der Waals surface area (Å²) >= 11 is 1.21. The summed E-state index contributed by atoms with van der Waals surface area (Å²) in [5, 5.41) is 11.9. The lowest BCUT2D eigenvalue weighted by molar-refractivity contribution is -0.389. The van der Waals surface area contributed by atoms with Crippen LogP contribution in [0.4, 0.5) is 5.69 Å². The topological polar surface area (TPSA) is 78.2 Å². The highest BCUT2D eigenvalue weighted by Crippen LogP contribution is 2.39. The van der Waals surface area contributed by atoms with Gasteiger partial charge in [0.2, 0.25) is 0 Å². The molecule has 6 nitrogen and oxygen atoms in total. The van der Waals surface area contributed by atoms with Crippen molar-refractivity contribution >= 4 is 17.4 Å². The van der Waals surface area contributed by atoms with Crippen molar-refractivity contribution in [1.29, 1.82) is 0 Å². The van der Waals surface area contributed by atoms with Crippen LogP contribution in [-0.2, 0) is 6.42 Å². The van der Waals surface area contributed by atoms with Gasteiger partial charge in [0.15, 0.2) is 5.03 Å². The predicted molar refractivity (Wildman–Crippen MR) is 99.9 cm³/mol. The fourth-order valence-corrected chi connectivity index (χ4v) is 3.13. The molecule has 26 heavy (non-hydrogen) atoms. The lowest BCUT2D eigenvalue weighted by atomic mass is 10.2. The van der Waals surface area contributed by atoms with Gasteiger partial charge in [-0.25, -0.2) is 4.98 Å². The van der Waals surface area contributed by atoms with Crippen LogP contribution in [0.15, 0.2) is 64.8 Å². The molecule has 2 aromatic carbocycles. The summed E-state index contributed by atoms with van der Waals surface area (Å²) in [6, 6.07) is 15.1. The van der Waals surface area contributed by atoms with Crippen molar-refractivity contribution < 1.29 is 9.66 Å². The molecular weight excluding hydrogens is 350 g/mol. The molecule has 7 heteroatoms. The summed E-state index contributed by atoms with van der Waals surface area (Å²) < 4.78 is 5.66. The summed E-state index contributed by atoms with van der Waals surface area (Å²) in [4.78, 5) is 20.0. The van der Waals surface area contributed by atoms with Gasteiger partial charge in [0.1, 0.15) is 12.1 Å². The molecule has 1 heterocycles. The van der Waals surface area contributed by atoms with Crippen molar-refractivity contribution in [3.63, 3.8) is 0 Å². The number of benzene rings is 2. The fourth-order valence-electron chi connectivity index (χ4n) is 2.28. The molecule has 0 saturated heterocycles. The molecule has 0 aliphatic rings. The van der Waals surface area contributed by atoms with Crippen LogP contribution in [0.2, 0.25) is 0 Å². The molecule has 0 aliphatic heterocycles. The fraction of sp³-hybridized carbons (Fsp3) is 0.158. The Morgan fingerprint density at radius 3 is 2.38 bits per heavy atom. The van der Waals surface area contributed by atoms with E-state index in [2.05, 4.69) is 16.9 Å². The highest BCUT2D eigenvalue weighted by Gasteiger charge is 2.25. The van der Waals surface area contributed by atoms with Gasteiger partial charge in [0.25, 0.3) is 0 Å². The minimum atomic E-state index is -0.508. The Bertz CT molecular complexity index is 912. The molecule has 0 spiro atoms. The molecule has 0 unspecified atom stereocenters. The van der Waals surface area contributed by atoms with Crippen molar-refractivity contribution in [2.24, 2.45) is 0 Å². The van der Waals surface area contributed by atoms with Crippen LogP contribution < -0.4 is 4.74 Å². The van der Waals surface area contributed by atoms with E-state index in [1.807, 2.05) is 43.3 Å². The molecule has 0 amide bonds. The van der Waals surface area contributed by atoms with E-state index >= 15 is 0 Å². The third-order valence-electron chi connectivity index (χ3n) is 3.72. The van der Waals surface area contributed by atoms with Gasteiger partial charge in [-0.1, -0.05) is 48.5 Å². The molecule has 0 radical (unpaired) electrons. The van der Waals surface area contributed by atoms with E-state index in [0.717, 1.165) is 22.4 Å². The number of aromatic nitrogens is 2. The lowest BCUT2D eigenvalue weighted by Crippen LogP contribution is -2.00. The van der Waals surface area contributed by atoms with Gasteiger partial charge < -0.3 is 4.74 Å². The zero-order chi connectivity index (χ0) is 18.5. The maximum absolute atomic E-state index is 11.6. The molecule has 0 bridgehead atoms. The third kappa shape index (κ3) is 4.18. The van der Waals surface area contributed by atoms with Crippen LogP contribution in [0.5, 0.6) is 11.6 Å². The number of nitro groups is 1. The Morgan fingerprint density at radius 2 is 1.77 bits per heavy atom. The summed E-state index contributed by atoms with van der Waals surface area (Å²) in [6.45, 7) is 4.04. The summed E-state index contributed by atoms with van der Waals surface area (Å²) in [5.41, 5.74) is 2.04. The van der Waals surface area contributed by atoms with Gasteiger partial charge in [-0.3, -0.25) is 10.1 Å². The van der Waals surface area contributed by atoms with Crippen LogP contribution in [-0.4, -0.2) is 14.9 Å². The molecule has 0 fully saturated rings. The van der Waals surface area contributed by atoms with Gasteiger partial charge in [0, 0.05) is 4.90 Å². The second-order valence-corrected chi connectivity index (χ2v) is 6.67. The summed E-state index contributed by atoms with van der Waals surface area (Å²) in [7, 11) is 0. The maximum Gasteiger partial charge on any atom is 0.363 e. The van der Waals surface area contributed by atoms with E-state index in [-0.39, 0.29) is 16.6 Å². The Balaban J connectivity index is 1.92. The van der Waals surface area contributed by atoms with Gasteiger partial charge >= 0.3 is 11.6 Å². The molecule has 0 aliphatic carbocycles. The van der Waals surface area contributed by atoms with E-state index in [9.17, 15) is 10.1 Å².